The molecule has 0 saturated heterocycles. The van der Waals surface area contributed by atoms with Gasteiger partial charge in [0, 0.05) is 17.9 Å². The van der Waals surface area contributed by atoms with Crippen LogP contribution in [0.25, 0.3) is 0 Å². The highest BCUT2D eigenvalue weighted by Crippen LogP contribution is 2.28. The number of nitrogens with one attached hydrogen (secondary N) is 1. The van der Waals surface area contributed by atoms with E-state index in [2.05, 4.69) is 5.32 Å². The third-order valence-electron chi connectivity index (χ3n) is 2.37. The van der Waals surface area contributed by atoms with Crippen LogP contribution in [0.15, 0.2) is 18.2 Å². The minimum Gasteiger partial charge on any atom is -0.376 e. The summed E-state index contributed by atoms with van der Waals surface area (Å²) in [6.45, 7) is 3.32. The van der Waals surface area contributed by atoms with Crippen LogP contribution in [0.1, 0.15) is 12.5 Å². The molecule has 0 saturated carbocycles. The van der Waals surface area contributed by atoms with Crippen LogP contribution in [0.2, 0.25) is 0 Å². The van der Waals surface area contributed by atoms with Crippen molar-refractivity contribution in [3.8, 4) is 0 Å². The summed E-state index contributed by atoms with van der Waals surface area (Å²) in [6, 6.07) is 4.52. The van der Waals surface area contributed by atoms with Gasteiger partial charge >= 0.3 is 0 Å². The topological polar surface area (TPSA) is 89.3 Å². The number of para-hydroxylation sites is 1. The van der Waals surface area contributed by atoms with Crippen molar-refractivity contribution in [2.24, 2.45) is 0 Å². The van der Waals surface area contributed by atoms with Crippen molar-refractivity contribution in [2.75, 3.05) is 17.3 Å². The quantitative estimate of drug-likeness (QED) is 0.651. The minimum absolute atomic E-state index is 0.0159. The van der Waals surface area contributed by atoms with Gasteiger partial charge in [-0.2, -0.15) is 0 Å². The number of hydrogen-bond acceptors (Lipinski definition) is 5. The zero-order valence-corrected chi connectivity index (χ0v) is 11.3. The van der Waals surface area contributed by atoms with Crippen LogP contribution in [0.5, 0.6) is 0 Å². The molecule has 0 bridgehead atoms. The number of aryl methyl sites for hydroxylation is 1. The Kier molecular flexibility index (Phi) is 4.28. The second-order valence-electron chi connectivity index (χ2n) is 4.37. The van der Waals surface area contributed by atoms with Crippen LogP contribution in [0, 0.1) is 17.0 Å². The number of nitro groups is 1. The van der Waals surface area contributed by atoms with E-state index in [0.29, 0.717) is 11.3 Å². The molecule has 0 amide bonds. The van der Waals surface area contributed by atoms with Crippen molar-refractivity contribution in [3.63, 3.8) is 0 Å². The van der Waals surface area contributed by atoms with Crippen LogP contribution < -0.4 is 5.32 Å². The molecule has 0 aliphatic rings. The molecule has 18 heavy (non-hydrogen) atoms. The maximum Gasteiger partial charge on any atom is 0.295 e. The third-order valence-corrected chi connectivity index (χ3v) is 3.48. The third kappa shape index (κ3) is 3.99. The van der Waals surface area contributed by atoms with Crippen molar-refractivity contribution in [1.29, 1.82) is 0 Å². The molecule has 0 fully saturated rings. The number of benzene rings is 1. The first-order valence-corrected chi connectivity index (χ1v) is 7.45. The van der Waals surface area contributed by atoms with Crippen molar-refractivity contribution in [3.05, 3.63) is 33.9 Å². The monoisotopic (exact) mass is 272 g/mol. The molecule has 0 heterocycles. The molecular formula is C11H16N2O4S. The fourth-order valence-electron chi connectivity index (χ4n) is 1.78. The lowest BCUT2D eigenvalue weighted by Gasteiger charge is -2.14. The molecule has 1 aromatic rings. The average molecular weight is 272 g/mol. The second-order valence-corrected chi connectivity index (χ2v) is 6.55. The zero-order valence-electron chi connectivity index (χ0n) is 10.5. The summed E-state index contributed by atoms with van der Waals surface area (Å²) in [5, 5.41) is 13.8. The van der Waals surface area contributed by atoms with Gasteiger partial charge in [-0.3, -0.25) is 10.1 Å². The Labute approximate surface area is 106 Å². The van der Waals surface area contributed by atoms with Gasteiger partial charge in [-0.05, 0) is 19.9 Å². The largest absolute Gasteiger partial charge is 0.376 e. The highest BCUT2D eigenvalue weighted by atomic mass is 32.2. The molecule has 0 radical (unpaired) electrons. The fraction of sp³-hybridized carbons (Fsp3) is 0.455. The van der Waals surface area contributed by atoms with Crippen molar-refractivity contribution >= 4 is 21.2 Å². The summed E-state index contributed by atoms with van der Waals surface area (Å²) in [4.78, 5) is 10.5. The van der Waals surface area contributed by atoms with Crippen molar-refractivity contribution < 1.29 is 13.3 Å². The van der Waals surface area contributed by atoms with Gasteiger partial charge in [0.1, 0.15) is 15.5 Å². The van der Waals surface area contributed by atoms with E-state index in [4.69, 9.17) is 0 Å². The number of nitro benzene ring substituents is 1. The average Bonchev–Trinajstić information content (AvgIpc) is 2.13. The highest BCUT2D eigenvalue weighted by molar-refractivity contribution is 7.90. The summed E-state index contributed by atoms with van der Waals surface area (Å²) < 4.78 is 22.3. The molecule has 100 valence electrons. The molecule has 6 nitrogen and oxygen atoms in total. The molecular weight excluding hydrogens is 256 g/mol. The number of sulfone groups is 1. The van der Waals surface area contributed by atoms with E-state index in [9.17, 15) is 18.5 Å². The Hall–Kier alpha value is -1.63. The standard InChI is InChI=1S/C11H16N2O4S/c1-8-5-4-6-10(11(8)13(14)15)12-9(2)7-18(3,16)17/h4-6,9,12H,7H2,1-3H3. The highest BCUT2D eigenvalue weighted by Gasteiger charge is 2.19. The van der Waals surface area contributed by atoms with E-state index >= 15 is 0 Å². The van der Waals surface area contributed by atoms with Gasteiger partial charge in [-0.15, -0.1) is 0 Å². The van der Waals surface area contributed by atoms with Gasteiger partial charge in [-0.25, -0.2) is 8.42 Å². The molecule has 0 aliphatic heterocycles. The van der Waals surface area contributed by atoms with Crippen molar-refractivity contribution in [2.45, 2.75) is 19.9 Å². The molecule has 0 spiro atoms. The first-order valence-electron chi connectivity index (χ1n) is 5.39. The number of anilines is 1. The van der Waals surface area contributed by atoms with E-state index in [1.165, 1.54) is 0 Å². The van der Waals surface area contributed by atoms with Gasteiger partial charge in [0.15, 0.2) is 0 Å². The number of nitrogens with zero attached hydrogens (tertiary/aromatic N) is 1. The molecule has 1 rings (SSSR count). The second kappa shape index (κ2) is 5.34. The van der Waals surface area contributed by atoms with E-state index < -0.39 is 14.8 Å². The lowest BCUT2D eigenvalue weighted by atomic mass is 10.1. The predicted molar refractivity (Wildman–Crippen MR) is 70.6 cm³/mol. The zero-order chi connectivity index (χ0) is 13.9. The Morgan fingerprint density at radius 3 is 2.56 bits per heavy atom. The normalized spacial score (nSPS) is 13.1. The van der Waals surface area contributed by atoms with E-state index in [1.807, 2.05) is 0 Å². The lowest BCUT2D eigenvalue weighted by molar-refractivity contribution is -0.384. The summed E-state index contributed by atoms with van der Waals surface area (Å²) >= 11 is 0. The van der Waals surface area contributed by atoms with E-state index in [-0.39, 0.29) is 17.5 Å². The summed E-state index contributed by atoms with van der Waals surface area (Å²) in [5.41, 5.74) is 0.866. The maximum absolute atomic E-state index is 11.1. The number of hydrogen-bond donors (Lipinski definition) is 1. The van der Waals surface area contributed by atoms with Crippen LogP contribution in [0.3, 0.4) is 0 Å². The van der Waals surface area contributed by atoms with Gasteiger partial charge in [0.2, 0.25) is 0 Å². The molecule has 1 aromatic carbocycles. The van der Waals surface area contributed by atoms with Gasteiger partial charge in [0.05, 0.1) is 10.7 Å². The van der Waals surface area contributed by atoms with Crippen LogP contribution >= 0.6 is 0 Å². The molecule has 7 heteroatoms. The summed E-state index contributed by atoms with van der Waals surface area (Å²) in [5.74, 6) is -0.0713. The summed E-state index contributed by atoms with van der Waals surface area (Å²) in [6.07, 6.45) is 1.13. The Morgan fingerprint density at radius 2 is 2.06 bits per heavy atom. The smallest absolute Gasteiger partial charge is 0.295 e. The molecule has 1 atom stereocenters. The predicted octanol–water partition coefficient (Wildman–Crippen LogP) is 1.75. The first kappa shape index (κ1) is 14.4. The van der Waals surface area contributed by atoms with E-state index in [0.717, 1.165) is 6.26 Å². The van der Waals surface area contributed by atoms with Crippen molar-refractivity contribution in [1.82, 2.24) is 0 Å². The Morgan fingerprint density at radius 1 is 1.44 bits per heavy atom. The maximum atomic E-state index is 11.1. The van der Waals surface area contributed by atoms with Gasteiger partial charge in [0.25, 0.3) is 5.69 Å². The lowest BCUT2D eigenvalue weighted by Crippen LogP contribution is -2.25. The van der Waals surface area contributed by atoms with Gasteiger partial charge in [-0.1, -0.05) is 12.1 Å². The SMILES string of the molecule is Cc1cccc(NC(C)CS(C)(=O)=O)c1[N+](=O)[O-]. The Balaban J connectivity index is 2.98. The van der Waals surface area contributed by atoms with Crippen LogP contribution in [-0.4, -0.2) is 31.4 Å². The molecule has 0 aliphatic carbocycles. The first-order chi connectivity index (χ1) is 8.20. The Bertz CT molecular complexity index is 554. The molecule has 1 unspecified atom stereocenters. The van der Waals surface area contributed by atoms with E-state index in [1.54, 1.807) is 32.0 Å². The summed E-state index contributed by atoms with van der Waals surface area (Å²) in [7, 11) is -3.12. The number of rotatable bonds is 5. The molecule has 1 N–H and O–H groups in total. The van der Waals surface area contributed by atoms with Gasteiger partial charge < -0.3 is 5.32 Å². The van der Waals surface area contributed by atoms with Crippen LogP contribution in [0.4, 0.5) is 11.4 Å². The molecule has 0 aromatic heterocycles. The minimum atomic E-state index is -3.12. The fourth-order valence-corrected chi connectivity index (χ4v) is 2.77. The van der Waals surface area contributed by atoms with Crippen LogP contribution in [-0.2, 0) is 9.84 Å².